The lowest BCUT2D eigenvalue weighted by Gasteiger charge is -2.12. The van der Waals surface area contributed by atoms with Crippen molar-refractivity contribution >= 4 is 11.8 Å². The minimum Gasteiger partial charge on any atom is -0.359 e. The van der Waals surface area contributed by atoms with Crippen molar-refractivity contribution in [3.05, 3.63) is 35.9 Å². The van der Waals surface area contributed by atoms with Gasteiger partial charge in [-0.05, 0) is 5.56 Å². The summed E-state index contributed by atoms with van der Waals surface area (Å²) in [7, 11) is 1.56. The second-order valence-electron chi connectivity index (χ2n) is 3.60. The topological polar surface area (TPSA) is 84.2 Å². The SMILES string of the molecule is CNC(=O)CCNC(=O)[C@H](N)c1ccccc1. The van der Waals surface area contributed by atoms with Crippen molar-refractivity contribution in [3.8, 4) is 0 Å². The molecule has 5 heteroatoms. The van der Waals surface area contributed by atoms with Gasteiger partial charge in [-0.25, -0.2) is 0 Å². The summed E-state index contributed by atoms with van der Waals surface area (Å²) in [6.45, 7) is 0.291. The van der Waals surface area contributed by atoms with E-state index in [0.717, 1.165) is 5.56 Å². The molecular weight excluding hydrogens is 218 g/mol. The van der Waals surface area contributed by atoms with E-state index >= 15 is 0 Å². The van der Waals surface area contributed by atoms with Crippen molar-refractivity contribution in [2.75, 3.05) is 13.6 Å². The number of hydrogen-bond donors (Lipinski definition) is 3. The van der Waals surface area contributed by atoms with Gasteiger partial charge < -0.3 is 16.4 Å². The monoisotopic (exact) mass is 235 g/mol. The zero-order valence-corrected chi connectivity index (χ0v) is 9.77. The van der Waals surface area contributed by atoms with E-state index in [-0.39, 0.29) is 18.2 Å². The van der Waals surface area contributed by atoms with Crippen LogP contribution in [0.15, 0.2) is 30.3 Å². The van der Waals surface area contributed by atoms with Crippen molar-refractivity contribution in [3.63, 3.8) is 0 Å². The van der Waals surface area contributed by atoms with E-state index in [1.54, 1.807) is 19.2 Å². The molecule has 0 heterocycles. The highest BCUT2D eigenvalue weighted by atomic mass is 16.2. The highest BCUT2D eigenvalue weighted by Crippen LogP contribution is 2.08. The summed E-state index contributed by atoms with van der Waals surface area (Å²) < 4.78 is 0. The Labute approximate surface area is 100 Å². The van der Waals surface area contributed by atoms with Gasteiger partial charge >= 0.3 is 0 Å². The number of carbonyl (C=O) groups is 2. The summed E-state index contributed by atoms with van der Waals surface area (Å²) in [6, 6.07) is 8.41. The number of rotatable bonds is 5. The smallest absolute Gasteiger partial charge is 0.241 e. The summed E-state index contributed by atoms with van der Waals surface area (Å²) in [4.78, 5) is 22.6. The van der Waals surface area contributed by atoms with Crippen molar-refractivity contribution in [2.45, 2.75) is 12.5 Å². The Balaban J connectivity index is 2.40. The molecule has 0 unspecified atom stereocenters. The minimum absolute atomic E-state index is 0.112. The van der Waals surface area contributed by atoms with Gasteiger partial charge in [-0.15, -0.1) is 0 Å². The third kappa shape index (κ3) is 4.24. The fraction of sp³-hybridized carbons (Fsp3) is 0.333. The highest BCUT2D eigenvalue weighted by Gasteiger charge is 2.14. The van der Waals surface area contributed by atoms with Crippen molar-refractivity contribution in [1.29, 1.82) is 0 Å². The van der Waals surface area contributed by atoms with Crippen LogP contribution in [0, 0.1) is 0 Å². The molecule has 2 amide bonds. The molecule has 0 fully saturated rings. The van der Waals surface area contributed by atoms with Crippen LogP contribution in [-0.2, 0) is 9.59 Å². The van der Waals surface area contributed by atoms with Crippen LogP contribution in [0.2, 0.25) is 0 Å². The molecule has 1 aromatic rings. The number of hydrogen-bond acceptors (Lipinski definition) is 3. The second-order valence-corrected chi connectivity index (χ2v) is 3.60. The molecule has 0 aliphatic carbocycles. The normalized spacial score (nSPS) is 11.6. The molecule has 0 aliphatic heterocycles. The summed E-state index contributed by atoms with van der Waals surface area (Å²) in [5.41, 5.74) is 6.53. The maximum Gasteiger partial charge on any atom is 0.241 e. The maximum absolute atomic E-state index is 11.6. The minimum atomic E-state index is -0.694. The average molecular weight is 235 g/mol. The molecule has 1 atom stereocenters. The van der Waals surface area contributed by atoms with Gasteiger partial charge in [0.05, 0.1) is 0 Å². The third-order valence-corrected chi connectivity index (χ3v) is 2.37. The Kier molecular flexibility index (Phi) is 5.16. The quantitative estimate of drug-likeness (QED) is 0.668. The molecule has 0 saturated heterocycles. The molecule has 17 heavy (non-hydrogen) atoms. The first-order valence-electron chi connectivity index (χ1n) is 5.44. The molecule has 5 nitrogen and oxygen atoms in total. The summed E-state index contributed by atoms with van der Waals surface area (Å²) >= 11 is 0. The van der Waals surface area contributed by atoms with Gasteiger partial charge in [0.1, 0.15) is 6.04 Å². The maximum atomic E-state index is 11.6. The number of nitrogens with one attached hydrogen (secondary N) is 2. The highest BCUT2D eigenvalue weighted by molar-refractivity contribution is 5.83. The van der Waals surface area contributed by atoms with Gasteiger partial charge in [-0.3, -0.25) is 9.59 Å². The molecular formula is C12H17N3O2. The van der Waals surface area contributed by atoms with Crippen LogP contribution in [0.1, 0.15) is 18.0 Å². The molecule has 1 aromatic carbocycles. The van der Waals surface area contributed by atoms with Gasteiger partial charge in [-0.1, -0.05) is 30.3 Å². The Morgan fingerprint density at radius 1 is 1.29 bits per heavy atom. The molecule has 0 spiro atoms. The molecule has 0 aliphatic rings. The van der Waals surface area contributed by atoms with Gasteiger partial charge in [-0.2, -0.15) is 0 Å². The third-order valence-electron chi connectivity index (χ3n) is 2.37. The Morgan fingerprint density at radius 3 is 2.53 bits per heavy atom. The number of carbonyl (C=O) groups excluding carboxylic acids is 2. The second kappa shape index (κ2) is 6.65. The molecule has 1 rings (SSSR count). The van der Waals surface area contributed by atoms with Gasteiger partial charge in [0.25, 0.3) is 0 Å². The lowest BCUT2D eigenvalue weighted by Crippen LogP contribution is -2.36. The fourth-order valence-electron chi connectivity index (χ4n) is 1.35. The van der Waals surface area contributed by atoms with Gasteiger partial charge in [0.15, 0.2) is 0 Å². The Bertz CT molecular complexity index is 379. The number of amides is 2. The summed E-state index contributed by atoms with van der Waals surface area (Å²) in [5, 5.41) is 5.10. The largest absolute Gasteiger partial charge is 0.359 e. The van der Waals surface area contributed by atoms with E-state index in [2.05, 4.69) is 10.6 Å². The first kappa shape index (κ1) is 13.2. The predicted octanol–water partition coefficient (Wildman–Crippen LogP) is -0.0613. The van der Waals surface area contributed by atoms with E-state index in [1.165, 1.54) is 0 Å². The molecule has 0 saturated carbocycles. The van der Waals surface area contributed by atoms with E-state index in [4.69, 9.17) is 5.73 Å². The predicted molar refractivity (Wildman–Crippen MR) is 65.1 cm³/mol. The van der Waals surface area contributed by atoms with Crippen molar-refractivity contribution in [1.82, 2.24) is 10.6 Å². The number of nitrogens with two attached hydrogens (primary N) is 1. The molecule has 0 bridgehead atoms. The zero-order valence-electron chi connectivity index (χ0n) is 9.77. The Hall–Kier alpha value is -1.88. The standard InChI is InChI=1S/C12H17N3O2/c1-14-10(16)7-8-15-12(17)11(13)9-5-3-2-4-6-9/h2-6,11H,7-8,13H2,1H3,(H,14,16)(H,15,17)/t11-/m1/s1. The lowest BCUT2D eigenvalue weighted by atomic mass is 10.1. The Morgan fingerprint density at radius 2 is 1.94 bits per heavy atom. The van der Waals surface area contributed by atoms with Crippen molar-refractivity contribution in [2.24, 2.45) is 5.73 Å². The van der Waals surface area contributed by atoms with Crippen LogP contribution >= 0.6 is 0 Å². The van der Waals surface area contributed by atoms with Crippen LogP contribution in [-0.4, -0.2) is 25.4 Å². The summed E-state index contributed by atoms with van der Waals surface area (Å²) in [5.74, 6) is -0.390. The van der Waals surface area contributed by atoms with E-state index < -0.39 is 6.04 Å². The van der Waals surface area contributed by atoms with E-state index in [1.807, 2.05) is 18.2 Å². The van der Waals surface area contributed by atoms with Crippen LogP contribution < -0.4 is 16.4 Å². The number of benzene rings is 1. The van der Waals surface area contributed by atoms with Crippen LogP contribution in [0.5, 0.6) is 0 Å². The van der Waals surface area contributed by atoms with Crippen molar-refractivity contribution < 1.29 is 9.59 Å². The molecule has 0 aromatic heterocycles. The van der Waals surface area contributed by atoms with Gasteiger partial charge in [0, 0.05) is 20.0 Å². The molecule has 4 N–H and O–H groups in total. The average Bonchev–Trinajstić information content (AvgIpc) is 2.38. The zero-order chi connectivity index (χ0) is 12.7. The van der Waals surface area contributed by atoms with Crippen LogP contribution in [0.4, 0.5) is 0 Å². The lowest BCUT2D eigenvalue weighted by molar-refractivity contribution is -0.123. The van der Waals surface area contributed by atoms with Gasteiger partial charge in [0.2, 0.25) is 11.8 Å². The van der Waals surface area contributed by atoms with E-state index in [9.17, 15) is 9.59 Å². The van der Waals surface area contributed by atoms with Crippen LogP contribution in [0.3, 0.4) is 0 Å². The fourth-order valence-corrected chi connectivity index (χ4v) is 1.35. The first-order chi connectivity index (χ1) is 8.15. The molecule has 92 valence electrons. The van der Waals surface area contributed by atoms with E-state index in [0.29, 0.717) is 6.54 Å². The summed E-state index contributed by atoms with van der Waals surface area (Å²) in [6.07, 6.45) is 0.254. The van der Waals surface area contributed by atoms with Crippen LogP contribution in [0.25, 0.3) is 0 Å². The molecule has 0 radical (unpaired) electrons. The first-order valence-corrected chi connectivity index (χ1v) is 5.44.